The predicted molar refractivity (Wildman–Crippen MR) is 150 cm³/mol. The molecular weight excluding hydrogens is 511 g/mol. The van der Waals surface area contributed by atoms with Gasteiger partial charge in [-0.15, -0.1) is 11.3 Å². The number of carbonyl (C=O) groups is 1. The van der Waals surface area contributed by atoms with E-state index in [0.29, 0.717) is 12.0 Å². The number of aryl methyl sites for hydroxylation is 2. The molecule has 3 aromatic heterocycles. The first kappa shape index (κ1) is 32.8. The fourth-order valence-corrected chi connectivity index (χ4v) is 4.45. The molecule has 1 unspecified atom stereocenters. The molecule has 0 aromatic carbocycles. The van der Waals surface area contributed by atoms with Crippen LogP contribution in [-0.4, -0.2) is 21.4 Å². The molecule has 0 radical (unpaired) electrons. The van der Waals surface area contributed by atoms with Crippen LogP contribution in [0.3, 0.4) is 0 Å². The van der Waals surface area contributed by atoms with Gasteiger partial charge in [0.25, 0.3) is 0 Å². The Bertz CT molecular complexity index is 1110. The number of nitrogens with zero attached hydrogens (tertiary/aromatic N) is 3. The van der Waals surface area contributed by atoms with Crippen LogP contribution >= 0.6 is 11.3 Å². The summed E-state index contributed by atoms with van der Waals surface area (Å²) in [6.45, 7) is 11.2. The molecule has 38 heavy (non-hydrogen) atoms. The zero-order valence-corrected chi connectivity index (χ0v) is 23.5. The molecule has 6 nitrogen and oxygen atoms in total. The van der Waals surface area contributed by atoms with Crippen molar-refractivity contribution in [1.82, 2.24) is 15.0 Å². The smallest absolute Gasteiger partial charge is 0.404 e. The zero-order chi connectivity index (χ0) is 28.6. The van der Waals surface area contributed by atoms with Crippen LogP contribution in [0.15, 0.2) is 42.4 Å². The minimum atomic E-state index is -4.44. The normalized spacial score (nSPS) is 11.7. The van der Waals surface area contributed by atoms with Gasteiger partial charge in [-0.05, 0) is 72.5 Å². The number of rotatable bonds is 9. The molecule has 0 aliphatic rings. The van der Waals surface area contributed by atoms with Crippen molar-refractivity contribution in [3.05, 3.63) is 75.4 Å². The van der Waals surface area contributed by atoms with Gasteiger partial charge in [0, 0.05) is 23.5 Å². The molecule has 3 aromatic rings. The first-order valence-electron chi connectivity index (χ1n) is 12.6. The number of hydrogen-bond acceptors (Lipinski definition) is 6. The lowest BCUT2D eigenvalue weighted by molar-refractivity contribution is -0.137. The molecule has 0 saturated carbocycles. The van der Waals surface area contributed by atoms with Gasteiger partial charge in [-0.1, -0.05) is 40.5 Å². The molecule has 0 aliphatic heterocycles. The van der Waals surface area contributed by atoms with Gasteiger partial charge < -0.3 is 11.1 Å². The van der Waals surface area contributed by atoms with Crippen LogP contribution in [0.4, 0.5) is 18.9 Å². The largest absolute Gasteiger partial charge is 0.417 e. The number of aromatic nitrogens is 3. The second kappa shape index (κ2) is 17.3. The van der Waals surface area contributed by atoms with Crippen LogP contribution in [0.25, 0.3) is 6.08 Å². The monoisotopic (exact) mass is 549 g/mol. The van der Waals surface area contributed by atoms with Crippen molar-refractivity contribution in [2.45, 2.75) is 72.9 Å². The predicted octanol–water partition coefficient (Wildman–Crippen LogP) is 7.23. The van der Waals surface area contributed by atoms with Crippen LogP contribution < -0.4 is 11.1 Å². The van der Waals surface area contributed by atoms with E-state index in [2.05, 4.69) is 60.3 Å². The van der Waals surface area contributed by atoms with Crippen molar-refractivity contribution in [1.29, 1.82) is 0 Å². The molecule has 10 heteroatoms. The Labute approximate surface area is 227 Å². The van der Waals surface area contributed by atoms with Gasteiger partial charge in [0.15, 0.2) is 5.82 Å². The number of nitrogens with one attached hydrogen (secondary N) is 1. The van der Waals surface area contributed by atoms with E-state index in [-0.39, 0.29) is 12.1 Å². The molecule has 3 rings (SSSR count). The van der Waals surface area contributed by atoms with Crippen molar-refractivity contribution in [3.8, 4) is 0 Å². The Balaban J connectivity index is 0.000000287. The summed E-state index contributed by atoms with van der Waals surface area (Å²) >= 11 is 1.96. The highest BCUT2D eigenvalue weighted by molar-refractivity contribution is 7.10. The number of pyridine rings is 1. The maximum Gasteiger partial charge on any atom is 0.417 e. The Morgan fingerprint density at radius 2 is 1.82 bits per heavy atom. The van der Waals surface area contributed by atoms with Gasteiger partial charge in [-0.2, -0.15) is 13.2 Å². The van der Waals surface area contributed by atoms with E-state index < -0.39 is 11.7 Å². The van der Waals surface area contributed by atoms with Gasteiger partial charge in [0.2, 0.25) is 6.41 Å². The number of alkyl halides is 3. The third-order valence-corrected chi connectivity index (χ3v) is 6.76. The van der Waals surface area contributed by atoms with Crippen LogP contribution in [-0.2, 0) is 30.2 Å². The molecule has 3 heterocycles. The Hall–Kier alpha value is -3.27. The summed E-state index contributed by atoms with van der Waals surface area (Å²) in [5, 5.41) is 4.40. The van der Waals surface area contributed by atoms with Crippen LogP contribution in [0.1, 0.15) is 73.5 Å². The SMILES string of the molecule is CCCc1c(C)csc1CC(C)CC.CCc1cnc(/C=C\N)nc1.O=CNc1cncc(C(F)(F)F)c1. The number of anilines is 1. The summed E-state index contributed by atoms with van der Waals surface area (Å²) in [4.78, 5) is 23.0. The van der Waals surface area contributed by atoms with Crippen molar-refractivity contribution >= 4 is 29.5 Å². The average Bonchev–Trinajstić information content (AvgIpc) is 3.24. The molecule has 1 atom stereocenters. The minimum absolute atomic E-state index is 0.0184. The molecule has 3 N–H and O–H groups in total. The second-order valence-corrected chi connectivity index (χ2v) is 9.64. The van der Waals surface area contributed by atoms with Crippen LogP contribution in [0.2, 0.25) is 0 Å². The molecule has 0 aliphatic carbocycles. The van der Waals surface area contributed by atoms with E-state index in [1.54, 1.807) is 16.5 Å². The van der Waals surface area contributed by atoms with Gasteiger partial charge >= 0.3 is 6.18 Å². The highest BCUT2D eigenvalue weighted by Crippen LogP contribution is 2.29. The zero-order valence-electron chi connectivity index (χ0n) is 22.7. The number of nitrogens with two attached hydrogens (primary N) is 1. The summed E-state index contributed by atoms with van der Waals surface area (Å²) in [7, 11) is 0. The summed E-state index contributed by atoms with van der Waals surface area (Å²) in [6.07, 6.45) is 10.5. The molecule has 0 spiro atoms. The Kier molecular flexibility index (Phi) is 14.9. The van der Waals surface area contributed by atoms with Gasteiger partial charge in [-0.25, -0.2) is 9.97 Å². The highest BCUT2D eigenvalue weighted by Gasteiger charge is 2.31. The van der Waals surface area contributed by atoms with Gasteiger partial charge in [0.05, 0.1) is 17.4 Å². The number of halogens is 3. The van der Waals surface area contributed by atoms with Crippen LogP contribution in [0, 0.1) is 12.8 Å². The van der Waals surface area contributed by atoms with Gasteiger partial charge in [-0.3, -0.25) is 9.78 Å². The highest BCUT2D eigenvalue weighted by atomic mass is 32.1. The lowest BCUT2D eigenvalue weighted by atomic mass is 9.98. The third kappa shape index (κ3) is 11.9. The maximum absolute atomic E-state index is 12.1. The van der Waals surface area contributed by atoms with Crippen molar-refractivity contribution in [2.24, 2.45) is 11.7 Å². The lowest BCUT2D eigenvalue weighted by Gasteiger charge is -2.09. The average molecular weight is 550 g/mol. The molecule has 1 amide bonds. The van der Waals surface area contributed by atoms with Crippen LogP contribution in [0.5, 0.6) is 0 Å². The molecule has 0 fully saturated rings. The summed E-state index contributed by atoms with van der Waals surface area (Å²) < 4.78 is 36.2. The van der Waals surface area contributed by atoms with E-state index in [1.807, 2.05) is 23.7 Å². The molecular formula is C28H38F3N5OS. The standard InChI is InChI=1S/C13H22S.C8H11N3.C7H5F3N2O/c1-5-7-12-11(4)9-14-13(12)8-10(3)6-2;1-2-7-5-10-8(3-4-9)11-6-7;8-7(9,10)5-1-6(12-4-13)3-11-2-5/h9-10H,5-8H2,1-4H3;3-6H,2,9H2,1H3;1-4H,(H,12,13)/b;4-3-;. The van der Waals surface area contributed by atoms with Crippen molar-refractivity contribution in [2.75, 3.05) is 5.32 Å². The van der Waals surface area contributed by atoms with E-state index in [4.69, 9.17) is 5.73 Å². The quantitative estimate of drug-likeness (QED) is 0.275. The van der Waals surface area contributed by atoms with E-state index in [9.17, 15) is 18.0 Å². The molecule has 0 bridgehead atoms. The summed E-state index contributed by atoms with van der Waals surface area (Å²) in [5.74, 6) is 1.49. The van der Waals surface area contributed by atoms with E-state index in [0.717, 1.165) is 30.2 Å². The summed E-state index contributed by atoms with van der Waals surface area (Å²) in [6, 6.07) is 0.807. The summed E-state index contributed by atoms with van der Waals surface area (Å²) in [5.41, 5.74) is 8.58. The van der Waals surface area contributed by atoms with Crippen molar-refractivity contribution < 1.29 is 18.0 Å². The van der Waals surface area contributed by atoms with E-state index >= 15 is 0 Å². The number of amides is 1. The Morgan fingerprint density at radius 3 is 2.34 bits per heavy atom. The molecule has 0 saturated heterocycles. The Morgan fingerprint density at radius 1 is 1.13 bits per heavy atom. The maximum atomic E-state index is 12.1. The first-order chi connectivity index (χ1) is 18.1. The topological polar surface area (TPSA) is 93.8 Å². The number of thiophene rings is 1. The van der Waals surface area contributed by atoms with Crippen molar-refractivity contribution in [3.63, 3.8) is 0 Å². The third-order valence-electron chi connectivity index (χ3n) is 5.59. The molecule has 208 valence electrons. The number of carbonyl (C=O) groups excluding carboxylic acids is 1. The number of hydrogen-bond donors (Lipinski definition) is 2. The minimum Gasteiger partial charge on any atom is -0.404 e. The van der Waals surface area contributed by atoms with E-state index in [1.165, 1.54) is 37.4 Å². The fourth-order valence-electron chi connectivity index (χ4n) is 3.20. The lowest BCUT2D eigenvalue weighted by Crippen LogP contribution is -2.06. The second-order valence-electron chi connectivity index (χ2n) is 8.67. The fraction of sp³-hybridized carbons (Fsp3) is 0.429. The van der Waals surface area contributed by atoms with Gasteiger partial charge in [0.1, 0.15) is 0 Å². The first-order valence-corrected chi connectivity index (χ1v) is 13.4.